The molecule has 178 valence electrons. The van der Waals surface area contributed by atoms with Gasteiger partial charge in [0.2, 0.25) is 0 Å². The summed E-state index contributed by atoms with van der Waals surface area (Å²) in [5.41, 5.74) is 3.19. The van der Waals surface area contributed by atoms with Crippen molar-refractivity contribution < 1.29 is 28.3 Å². The second kappa shape index (κ2) is 9.50. The molecule has 8 heteroatoms. The zero-order valence-corrected chi connectivity index (χ0v) is 19.4. The summed E-state index contributed by atoms with van der Waals surface area (Å²) >= 11 is 0. The number of esters is 1. The van der Waals surface area contributed by atoms with Crippen LogP contribution in [0.5, 0.6) is 0 Å². The van der Waals surface area contributed by atoms with Crippen molar-refractivity contribution in [1.29, 1.82) is 0 Å². The molecule has 0 aliphatic carbocycles. The number of carbonyl (C=O) groups excluding carboxylic acids is 4. The lowest BCUT2D eigenvalue weighted by Gasteiger charge is -2.17. The van der Waals surface area contributed by atoms with E-state index < -0.39 is 29.8 Å². The minimum atomic E-state index is -1.11. The summed E-state index contributed by atoms with van der Waals surface area (Å²) in [5.74, 6) is -2.71. The van der Waals surface area contributed by atoms with E-state index in [4.69, 9.17) is 4.74 Å². The summed E-state index contributed by atoms with van der Waals surface area (Å²) in [7, 11) is 0. The summed E-state index contributed by atoms with van der Waals surface area (Å²) in [6.07, 6.45) is -1.11. The fourth-order valence-electron chi connectivity index (χ4n) is 3.76. The molecule has 1 atom stereocenters. The van der Waals surface area contributed by atoms with Crippen molar-refractivity contribution in [3.63, 3.8) is 0 Å². The SMILES string of the molecule is Cc1ccc(C)c(N2C(=O)c3ccc(C(=O)OC(C)C(=O)NCc4ccc(F)cc4)cc3C2=O)c1. The van der Waals surface area contributed by atoms with Crippen LogP contribution in [0, 0.1) is 19.7 Å². The van der Waals surface area contributed by atoms with Gasteiger partial charge < -0.3 is 10.1 Å². The van der Waals surface area contributed by atoms with Crippen molar-refractivity contribution in [2.45, 2.75) is 33.4 Å². The average molecular weight is 474 g/mol. The number of rotatable bonds is 6. The Morgan fingerprint density at radius 1 is 0.943 bits per heavy atom. The number of hydrogen-bond donors (Lipinski definition) is 1. The molecule has 3 aromatic rings. The Morgan fingerprint density at radius 3 is 2.34 bits per heavy atom. The van der Waals surface area contributed by atoms with Crippen LogP contribution < -0.4 is 10.2 Å². The molecule has 1 aliphatic rings. The number of imide groups is 1. The van der Waals surface area contributed by atoms with Crippen molar-refractivity contribution >= 4 is 29.4 Å². The number of carbonyl (C=O) groups is 4. The third-order valence-corrected chi connectivity index (χ3v) is 5.76. The molecular formula is C27H23FN2O5. The number of aryl methyl sites for hydroxylation is 2. The lowest BCUT2D eigenvalue weighted by Crippen LogP contribution is -2.35. The fraction of sp³-hybridized carbons (Fsp3) is 0.185. The van der Waals surface area contributed by atoms with Gasteiger partial charge in [0, 0.05) is 6.54 Å². The van der Waals surface area contributed by atoms with Crippen LogP contribution in [0.15, 0.2) is 60.7 Å². The van der Waals surface area contributed by atoms with Gasteiger partial charge in [-0.3, -0.25) is 14.4 Å². The predicted octanol–water partition coefficient (Wildman–Crippen LogP) is 4.10. The molecule has 1 heterocycles. The Bertz CT molecular complexity index is 1350. The van der Waals surface area contributed by atoms with Gasteiger partial charge in [-0.05, 0) is 73.9 Å². The Kier molecular flexibility index (Phi) is 6.46. The van der Waals surface area contributed by atoms with Gasteiger partial charge in [-0.25, -0.2) is 14.1 Å². The van der Waals surface area contributed by atoms with Gasteiger partial charge in [-0.1, -0.05) is 24.3 Å². The topological polar surface area (TPSA) is 92.8 Å². The molecule has 7 nitrogen and oxygen atoms in total. The Labute approximate surface area is 201 Å². The minimum absolute atomic E-state index is 0.0471. The molecule has 0 bridgehead atoms. The van der Waals surface area contributed by atoms with Crippen LogP contribution in [0.1, 0.15) is 54.7 Å². The van der Waals surface area contributed by atoms with Crippen LogP contribution >= 0.6 is 0 Å². The first kappa shape index (κ1) is 23.8. The van der Waals surface area contributed by atoms with Crippen LogP contribution in [0.25, 0.3) is 0 Å². The standard InChI is InChI=1S/C27H23FN2O5/c1-15-4-5-16(2)23(12-15)30-25(32)21-11-8-19(13-22(21)26(30)33)27(34)35-17(3)24(31)29-14-18-6-9-20(28)10-7-18/h4-13,17H,14H2,1-3H3,(H,29,31). The van der Waals surface area contributed by atoms with Crippen molar-refractivity contribution in [2.24, 2.45) is 0 Å². The normalized spacial score (nSPS) is 13.4. The van der Waals surface area contributed by atoms with Gasteiger partial charge >= 0.3 is 5.97 Å². The van der Waals surface area contributed by atoms with Crippen molar-refractivity contribution in [3.8, 4) is 0 Å². The molecule has 0 spiro atoms. The van der Waals surface area contributed by atoms with E-state index in [1.54, 1.807) is 6.07 Å². The first-order chi connectivity index (χ1) is 16.7. The Balaban J connectivity index is 1.45. The first-order valence-electron chi connectivity index (χ1n) is 11.0. The van der Waals surface area contributed by atoms with E-state index in [1.807, 2.05) is 26.0 Å². The number of nitrogens with zero attached hydrogens (tertiary/aromatic N) is 1. The van der Waals surface area contributed by atoms with Gasteiger partial charge in [-0.2, -0.15) is 0 Å². The van der Waals surface area contributed by atoms with Crippen molar-refractivity contribution in [2.75, 3.05) is 4.90 Å². The number of fused-ring (bicyclic) bond motifs is 1. The molecule has 35 heavy (non-hydrogen) atoms. The van der Waals surface area contributed by atoms with Crippen LogP contribution in [0.3, 0.4) is 0 Å². The van der Waals surface area contributed by atoms with Gasteiger partial charge in [0.15, 0.2) is 6.10 Å². The van der Waals surface area contributed by atoms with Gasteiger partial charge in [0.25, 0.3) is 17.7 Å². The maximum absolute atomic E-state index is 13.1. The highest BCUT2D eigenvalue weighted by Crippen LogP contribution is 2.32. The first-order valence-corrected chi connectivity index (χ1v) is 11.0. The average Bonchev–Trinajstić information content (AvgIpc) is 3.09. The zero-order chi connectivity index (χ0) is 25.3. The lowest BCUT2D eigenvalue weighted by atomic mass is 10.1. The fourth-order valence-corrected chi connectivity index (χ4v) is 3.76. The smallest absolute Gasteiger partial charge is 0.338 e. The van der Waals surface area contributed by atoms with E-state index in [2.05, 4.69) is 5.32 Å². The van der Waals surface area contributed by atoms with E-state index in [0.29, 0.717) is 11.3 Å². The molecule has 0 saturated heterocycles. The quantitative estimate of drug-likeness (QED) is 0.429. The predicted molar refractivity (Wildman–Crippen MR) is 127 cm³/mol. The molecule has 0 fully saturated rings. The monoisotopic (exact) mass is 474 g/mol. The molecule has 0 radical (unpaired) electrons. The number of ether oxygens (including phenoxy) is 1. The highest BCUT2D eigenvalue weighted by atomic mass is 19.1. The van der Waals surface area contributed by atoms with Gasteiger partial charge in [-0.15, -0.1) is 0 Å². The third kappa shape index (κ3) is 4.82. The van der Waals surface area contributed by atoms with Gasteiger partial charge in [0.1, 0.15) is 5.82 Å². The number of amides is 3. The van der Waals surface area contributed by atoms with Crippen molar-refractivity contribution in [3.05, 3.63) is 99.9 Å². The summed E-state index contributed by atoms with van der Waals surface area (Å²) in [5, 5.41) is 2.62. The molecule has 0 aromatic heterocycles. The summed E-state index contributed by atoms with van der Waals surface area (Å²) in [6, 6.07) is 15.2. The number of nitrogens with one attached hydrogen (secondary N) is 1. The van der Waals surface area contributed by atoms with E-state index in [9.17, 15) is 23.6 Å². The molecule has 1 unspecified atom stereocenters. The van der Waals surface area contributed by atoms with E-state index in [1.165, 1.54) is 49.4 Å². The molecule has 0 saturated carbocycles. The summed E-state index contributed by atoms with van der Waals surface area (Å²) < 4.78 is 18.3. The summed E-state index contributed by atoms with van der Waals surface area (Å²) in [6.45, 7) is 5.24. The van der Waals surface area contributed by atoms with E-state index in [0.717, 1.165) is 16.0 Å². The van der Waals surface area contributed by atoms with E-state index in [-0.39, 0.29) is 29.1 Å². The van der Waals surface area contributed by atoms with Crippen molar-refractivity contribution in [1.82, 2.24) is 5.32 Å². The Hall–Kier alpha value is -4.33. The maximum Gasteiger partial charge on any atom is 0.338 e. The number of hydrogen-bond acceptors (Lipinski definition) is 5. The zero-order valence-electron chi connectivity index (χ0n) is 19.4. The van der Waals surface area contributed by atoms with Crippen LogP contribution in [-0.2, 0) is 16.1 Å². The number of anilines is 1. The lowest BCUT2D eigenvalue weighted by molar-refractivity contribution is -0.129. The van der Waals surface area contributed by atoms with Gasteiger partial charge in [0.05, 0.1) is 22.4 Å². The van der Waals surface area contributed by atoms with Crippen LogP contribution in [-0.4, -0.2) is 29.8 Å². The molecular weight excluding hydrogens is 451 g/mol. The molecule has 1 N–H and O–H groups in total. The second-order valence-electron chi connectivity index (χ2n) is 8.39. The van der Waals surface area contributed by atoms with E-state index >= 15 is 0 Å². The van der Waals surface area contributed by atoms with Crippen LogP contribution in [0.2, 0.25) is 0 Å². The Morgan fingerprint density at radius 2 is 1.63 bits per heavy atom. The highest BCUT2D eigenvalue weighted by Gasteiger charge is 2.38. The summed E-state index contributed by atoms with van der Waals surface area (Å²) in [4.78, 5) is 52.1. The highest BCUT2D eigenvalue weighted by molar-refractivity contribution is 6.35. The molecule has 3 amide bonds. The number of benzene rings is 3. The van der Waals surface area contributed by atoms with Crippen LogP contribution in [0.4, 0.5) is 10.1 Å². The third-order valence-electron chi connectivity index (χ3n) is 5.76. The number of halogens is 1. The minimum Gasteiger partial charge on any atom is -0.449 e. The maximum atomic E-state index is 13.1. The molecule has 1 aliphatic heterocycles. The molecule has 3 aromatic carbocycles. The second-order valence-corrected chi connectivity index (χ2v) is 8.39. The largest absolute Gasteiger partial charge is 0.449 e. The molecule has 4 rings (SSSR count).